The van der Waals surface area contributed by atoms with Crippen LogP contribution in [0.3, 0.4) is 0 Å². The highest BCUT2D eigenvalue weighted by Crippen LogP contribution is 2.21. The quantitative estimate of drug-likeness (QED) is 0.654. The Morgan fingerprint density at radius 2 is 2.05 bits per heavy atom. The first-order chi connectivity index (χ1) is 9.04. The van der Waals surface area contributed by atoms with Crippen molar-refractivity contribution >= 4 is 11.7 Å². The third kappa shape index (κ3) is 2.12. The van der Waals surface area contributed by atoms with Gasteiger partial charge < -0.3 is 5.11 Å². The SMILES string of the molecule is N#Cc1ccc(-n2ncc([N+](=O)[O-])c2C(=O)O)cc1. The molecule has 1 aromatic heterocycles. The summed E-state index contributed by atoms with van der Waals surface area (Å²) in [5.41, 5.74) is -0.404. The number of nitrogens with zero attached hydrogens (tertiary/aromatic N) is 4. The Balaban J connectivity index is 2.59. The van der Waals surface area contributed by atoms with E-state index in [-0.39, 0.29) is 0 Å². The largest absolute Gasteiger partial charge is 0.476 e. The molecule has 0 aliphatic carbocycles. The lowest BCUT2D eigenvalue weighted by Gasteiger charge is -2.03. The van der Waals surface area contributed by atoms with Crippen molar-refractivity contribution in [1.82, 2.24) is 9.78 Å². The Kier molecular flexibility index (Phi) is 2.95. The third-order valence-corrected chi connectivity index (χ3v) is 2.39. The fourth-order valence-electron chi connectivity index (χ4n) is 1.55. The molecule has 0 fully saturated rings. The average Bonchev–Trinajstić information content (AvgIpc) is 2.83. The molecule has 0 bridgehead atoms. The molecule has 0 spiro atoms. The number of aromatic carboxylic acids is 1. The predicted octanol–water partition coefficient (Wildman–Crippen LogP) is 1.35. The van der Waals surface area contributed by atoms with Gasteiger partial charge in [-0.15, -0.1) is 0 Å². The minimum Gasteiger partial charge on any atom is -0.476 e. The van der Waals surface area contributed by atoms with Crippen LogP contribution in [-0.2, 0) is 0 Å². The fraction of sp³-hybridized carbons (Fsp3) is 0. The van der Waals surface area contributed by atoms with Gasteiger partial charge in [-0.2, -0.15) is 10.4 Å². The summed E-state index contributed by atoms with van der Waals surface area (Å²) in [4.78, 5) is 21.0. The first-order valence-corrected chi connectivity index (χ1v) is 5.01. The van der Waals surface area contributed by atoms with Gasteiger partial charge in [0.15, 0.2) is 0 Å². The second kappa shape index (κ2) is 4.58. The van der Waals surface area contributed by atoms with E-state index in [1.165, 1.54) is 24.3 Å². The first kappa shape index (κ1) is 12.3. The van der Waals surface area contributed by atoms with Gasteiger partial charge in [-0.25, -0.2) is 9.48 Å². The van der Waals surface area contributed by atoms with Crippen molar-refractivity contribution in [2.45, 2.75) is 0 Å². The van der Waals surface area contributed by atoms with Crippen molar-refractivity contribution in [2.75, 3.05) is 0 Å². The van der Waals surface area contributed by atoms with E-state index in [0.717, 1.165) is 10.9 Å². The van der Waals surface area contributed by atoms with E-state index in [1.54, 1.807) is 0 Å². The molecule has 19 heavy (non-hydrogen) atoms. The van der Waals surface area contributed by atoms with E-state index < -0.39 is 22.3 Å². The van der Waals surface area contributed by atoms with Crippen molar-refractivity contribution in [2.24, 2.45) is 0 Å². The predicted molar refractivity (Wildman–Crippen MR) is 61.9 cm³/mol. The molecule has 1 aromatic carbocycles. The number of hydrogen-bond donors (Lipinski definition) is 1. The number of carboxylic acids is 1. The summed E-state index contributed by atoms with van der Waals surface area (Å²) in [6, 6.07) is 7.77. The summed E-state index contributed by atoms with van der Waals surface area (Å²) in [5, 5.41) is 32.1. The van der Waals surface area contributed by atoms with Crippen LogP contribution in [0.25, 0.3) is 5.69 Å². The van der Waals surface area contributed by atoms with E-state index >= 15 is 0 Å². The molecule has 0 atom stereocenters. The van der Waals surface area contributed by atoms with E-state index in [9.17, 15) is 14.9 Å². The number of carboxylic acid groups (broad SMARTS) is 1. The van der Waals surface area contributed by atoms with Gasteiger partial charge in [-0.05, 0) is 24.3 Å². The molecule has 8 heteroatoms. The molecule has 1 N–H and O–H groups in total. The molecule has 2 rings (SSSR count). The molecule has 1 heterocycles. The molecule has 0 saturated carbocycles. The van der Waals surface area contributed by atoms with Crippen LogP contribution in [-0.4, -0.2) is 25.8 Å². The number of hydrogen-bond acceptors (Lipinski definition) is 5. The molecule has 0 aliphatic rings. The highest BCUT2D eigenvalue weighted by molar-refractivity contribution is 5.91. The average molecular weight is 258 g/mol. The maximum absolute atomic E-state index is 11.1. The molecule has 0 amide bonds. The smallest absolute Gasteiger partial charge is 0.361 e. The number of nitro groups is 1. The standard InChI is InChI=1S/C11H6N4O4/c12-5-7-1-3-8(4-2-7)14-10(11(16)17)9(6-13-14)15(18)19/h1-4,6H,(H,16,17). The van der Waals surface area contributed by atoms with Gasteiger partial charge in [0, 0.05) is 0 Å². The van der Waals surface area contributed by atoms with Gasteiger partial charge >= 0.3 is 11.7 Å². The Labute approximate surface area is 106 Å². The van der Waals surface area contributed by atoms with Gasteiger partial charge in [0.2, 0.25) is 5.69 Å². The maximum atomic E-state index is 11.1. The van der Waals surface area contributed by atoms with E-state index in [2.05, 4.69) is 5.10 Å². The van der Waals surface area contributed by atoms with Crippen LogP contribution in [0.2, 0.25) is 0 Å². The summed E-state index contributed by atoms with van der Waals surface area (Å²) in [6.07, 6.45) is 0.877. The lowest BCUT2D eigenvalue weighted by Crippen LogP contribution is -2.09. The zero-order valence-electron chi connectivity index (χ0n) is 9.35. The first-order valence-electron chi connectivity index (χ1n) is 5.01. The van der Waals surface area contributed by atoms with Crippen LogP contribution in [0.5, 0.6) is 0 Å². The molecule has 0 saturated heterocycles. The van der Waals surface area contributed by atoms with Gasteiger partial charge in [0.05, 0.1) is 22.2 Å². The van der Waals surface area contributed by atoms with Crippen LogP contribution >= 0.6 is 0 Å². The Morgan fingerprint density at radius 1 is 1.42 bits per heavy atom. The van der Waals surface area contributed by atoms with E-state index in [0.29, 0.717) is 11.3 Å². The summed E-state index contributed by atoms with van der Waals surface area (Å²) >= 11 is 0. The van der Waals surface area contributed by atoms with Crippen LogP contribution in [0.15, 0.2) is 30.5 Å². The van der Waals surface area contributed by atoms with Gasteiger partial charge in [-0.1, -0.05) is 0 Å². The van der Waals surface area contributed by atoms with Gasteiger partial charge in [0.25, 0.3) is 0 Å². The maximum Gasteiger partial charge on any atom is 0.361 e. The molecular formula is C11H6N4O4. The molecule has 0 aliphatic heterocycles. The second-order valence-corrected chi connectivity index (χ2v) is 3.51. The normalized spacial score (nSPS) is 9.84. The molecule has 2 aromatic rings. The number of carbonyl (C=O) groups is 1. The monoisotopic (exact) mass is 258 g/mol. The summed E-state index contributed by atoms with van der Waals surface area (Å²) < 4.78 is 0.946. The molecule has 94 valence electrons. The molecule has 0 unspecified atom stereocenters. The summed E-state index contributed by atoms with van der Waals surface area (Å²) in [7, 11) is 0. The summed E-state index contributed by atoms with van der Waals surface area (Å²) in [6.45, 7) is 0. The van der Waals surface area contributed by atoms with E-state index in [4.69, 9.17) is 10.4 Å². The van der Waals surface area contributed by atoms with Crippen LogP contribution in [0, 0.1) is 21.4 Å². The zero-order valence-corrected chi connectivity index (χ0v) is 9.35. The van der Waals surface area contributed by atoms with Gasteiger partial charge in [-0.3, -0.25) is 10.1 Å². The molecule has 8 nitrogen and oxygen atoms in total. The fourth-order valence-corrected chi connectivity index (χ4v) is 1.55. The molecule has 0 radical (unpaired) electrons. The van der Waals surface area contributed by atoms with Crippen molar-refractivity contribution < 1.29 is 14.8 Å². The minimum absolute atomic E-state index is 0.324. The van der Waals surface area contributed by atoms with Gasteiger partial charge in [0.1, 0.15) is 6.20 Å². The number of nitriles is 1. The molecular weight excluding hydrogens is 252 g/mol. The van der Waals surface area contributed by atoms with Crippen LogP contribution in [0.1, 0.15) is 16.1 Å². The Morgan fingerprint density at radius 3 is 2.53 bits per heavy atom. The van der Waals surface area contributed by atoms with Crippen molar-refractivity contribution in [3.8, 4) is 11.8 Å². The zero-order chi connectivity index (χ0) is 14.0. The summed E-state index contributed by atoms with van der Waals surface area (Å²) in [5.74, 6) is -1.45. The number of aromatic nitrogens is 2. The van der Waals surface area contributed by atoms with Crippen molar-refractivity contribution in [3.05, 3.63) is 51.8 Å². The highest BCUT2D eigenvalue weighted by atomic mass is 16.6. The lowest BCUT2D eigenvalue weighted by molar-refractivity contribution is -0.385. The Bertz CT molecular complexity index is 696. The Hall–Kier alpha value is -3.21. The van der Waals surface area contributed by atoms with Crippen molar-refractivity contribution in [3.63, 3.8) is 0 Å². The topological polar surface area (TPSA) is 122 Å². The number of rotatable bonds is 3. The van der Waals surface area contributed by atoms with Crippen LogP contribution in [0.4, 0.5) is 5.69 Å². The minimum atomic E-state index is -1.45. The third-order valence-electron chi connectivity index (χ3n) is 2.39. The van der Waals surface area contributed by atoms with Crippen LogP contribution < -0.4 is 0 Å². The second-order valence-electron chi connectivity index (χ2n) is 3.51. The van der Waals surface area contributed by atoms with E-state index in [1.807, 2.05) is 6.07 Å². The number of benzene rings is 1. The van der Waals surface area contributed by atoms with Crippen molar-refractivity contribution in [1.29, 1.82) is 5.26 Å². The highest BCUT2D eigenvalue weighted by Gasteiger charge is 2.27. The lowest BCUT2D eigenvalue weighted by atomic mass is 10.2.